The lowest BCUT2D eigenvalue weighted by Crippen LogP contribution is -1.90. The van der Waals surface area contributed by atoms with E-state index in [2.05, 4.69) is 0 Å². The Morgan fingerprint density at radius 1 is 1.00 bits per heavy atom. The molecule has 0 N–H and O–H groups in total. The Labute approximate surface area is 102 Å². The van der Waals surface area contributed by atoms with E-state index in [1.54, 1.807) is 0 Å². The van der Waals surface area contributed by atoms with Crippen molar-refractivity contribution in [2.24, 2.45) is 0 Å². The Balaban J connectivity index is 2.68. The van der Waals surface area contributed by atoms with Crippen LogP contribution in [0.2, 0.25) is 5.02 Å². The van der Waals surface area contributed by atoms with Gasteiger partial charge in [0.2, 0.25) is 0 Å². The fraction of sp³-hybridized carbons (Fsp3) is 0. The van der Waals surface area contributed by atoms with Crippen molar-refractivity contribution in [1.29, 1.82) is 5.26 Å². The summed E-state index contributed by atoms with van der Waals surface area (Å²) < 4.78 is 26.8. The highest BCUT2D eigenvalue weighted by Gasteiger charge is 2.11. The minimum absolute atomic E-state index is 0.158. The lowest BCUT2D eigenvalue weighted by atomic mass is 10.00. The second-order valence-electron chi connectivity index (χ2n) is 3.43. The molecule has 0 atom stereocenters. The normalized spacial score (nSPS) is 10.0. The Bertz CT molecular complexity index is 617. The number of nitriles is 1. The van der Waals surface area contributed by atoms with Crippen LogP contribution in [-0.2, 0) is 0 Å². The summed E-state index contributed by atoms with van der Waals surface area (Å²) in [5, 5.41) is 9.15. The van der Waals surface area contributed by atoms with Gasteiger partial charge in [-0.2, -0.15) is 5.26 Å². The SMILES string of the molecule is N#Cc1ccc(F)cc1-c1ccc(Cl)cc1F. The maximum Gasteiger partial charge on any atom is 0.132 e. The average Bonchev–Trinajstić information content (AvgIpc) is 2.29. The summed E-state index contributed by atoms with van der Waals surface area (Å²) >= 11 is 5.63. The van der Waals surface area contributed by atoms with Gasteiger partial charge in [0.05, 0.1) is 11.6 Å². The van der Waals surface area contributed by atoms with Crippen LogP contribution in [0.5, 0.6) is 0 Å². The average molecular weight is 250 g/mol. The summed E-state index contributed by atoms with van der Waals surface area (Å²) in [5.74, 6) is -1.10. The van der Waals surface area contributed by atoms with Crippen molar-refractivity contribution in [2.45, 2.75) is 0 Å². The summed E-state index contributed by atoms with van der Waals surface area (Å²) in [6.45, 7) is 0. The molecule has 0 radical (unpaired) electrons. The molecule has 4 heteroatoms. The molecule has 0 bridgehead atoms. The topological polar surface area (TPSA) is 23.8 Å². The van der Waals surface area contributed by atoms with Gasteiger partial charge in [0.25, 0.3) is 0 Å². The molecule has 1 nitrogen and oxygen atoms in total. The third-order valence-corrected chi connectivity index (χ3v) is 2.56. The van der Waals surface area contributed by atoms with Crippen molar-refractivity contribution < 1.29 is 8.78 Å². The van der Waals surface area contributed by atoms with Crippen molar-refractivity contribution in [2.75, 3.05) is 0 Å². The Morgan fingerprint density at radius 3 is 2.41 bits per heavy atom. The second-order valence-corrected chi connectivity index (χ2v) is 3.86. The molecule has 17 heavy (non-hydrogen) atoms. The van der Waals surface area contributed by atoms with Gasteiger partial charge in [-0.05, 0) is 36.4 Å². The van der Waals surface area contributed by atoms with Gasteiger partial charge in [-0.25, -0.2) is 8.78 Å². The van der Waals surface area contributed by atoms with Crippen LogP contribution >= 0.6 is 11.6 Å². The molecule has 0 saturated heterocycles. The van der Waals surface area contributed by atoms with Gasteiger partial charge in [-0.15, -0.1) is 0 Å². The first-order valence-electron chi connectivity index (χ1n) is 4.77. The van der Waals surface area contributed by atoms with Crippen molar-refractivity contribution >= 4 is 11.6 Å². The van der Waals surface area contributed by atoms with Gasteiger partial charge < -0.3 is 0 Å². The first-order chi connectivity index (χ1) is 8.11. The predicted molar refractivity (Wildman–Crippen MR) is 61.5 cm³/mol. The molecular formula is C13H6ClF2N. The molecule has 0 aliphatic heterocycles. The molecule has 0 aliphatic rings. The van der Waals surface area contributed by atoms with E-state index in [4.69, 9.17) is 16.9 Å². The van der Waals surface area contributed by atoms with Gasteiger partial charge in [-0.3, -0.25) is 0 Å². The molecule has 0 unspecified atom stereocenters. The zero-order valence-corrected chi connectivity index (χ0v) is 9.30. The van der Waals surface area contributed by atoms with Crippen molar-refractivity contribution in [3.8, 4) is 17.2 Å². The predicted octanol–water partition coefficient (Wildman–Crippen LogP) is 4.16. The lowest BCUT2D eigenvalue weighted by molar-refractivity contribution is 0.624. The number of rotatable bonds is 1. The first-order valence-corrected chi connectivity index (χ1v) is 5.14. The summed E-state index contributed by atoms with van der Waals surface area (Å²) in [6, 6.07) is 9.55. The van der Waals surface area contributed by atoms with Crippen LogP contribution in [0, 0.1) is 23.0 Å². The highest BCUT2D eigenvalue weighted by molar-refractivity contribution is 6.30. The largest absolute Gasteiger partial charge is 0.207 e. The third kappa shape index (κ3) is 2.27. The zero-order chi connectivity index (χ0) is 12.4. The fourth-order valence-electron chi connectivity index (χ4n) is 1.54. The minimum Gasteiger partial charge on any atom is -0.207 e. The van der Waals surface area contributed by atoms with Gasteiger partial charge in [0.1, 0.15) is 11.6 Å². The molecule has 2 rings (SSSR count). The van der Waals surface area contributed by atoms with Gasteiger partial charge in [0, 0.05) is 16.1 Å². The monoisotopic (exact) mass is 249 g/mol. The van der Waals surface area contributed by atoms with Gasteiger partial charge >= 0.3 is 0 Å². The fourth-order valence-corrected chi connectivity index (χ4v) is 1.70. The maximum absolute atomic E-state index is 13.7. The van der Waals surface area contributed by atoms with E-state index < -0.39 is 11.6 Å². The molecule has 0 heterocycles. The summed E-state index contributed by atoms with van der Waals surface area (Å²) in [7, 11) is 0. The molecule has 0 saturated carbocycles. The number of hydrogen-bond acceptors (Lipinski definition) is 1. The molecule has 0 amide bonds. The number of hydrogen-bond donors (Lipinski definition) is 0. The smallest absolute Gasteiger partial charge is 0.132 e. The Kier molecular flexibility index (Phi) is 3.08. The highest BCUT2D eigenvalue weighted by atomic mass is 35.5. The van der Waals surface area contributed by atoms with Crippen LogP contribution in [0.4, 0.5) is 8.78 Å². The van der Waals surface area contributed by atoms with E-state index in [0.717, 1.165) is 18.2 Å². The highest BCUT2D eigenvalue weighted by Crippen LogP contribution is 2.28. The number of benzene rings is 2. The summed E-state index contributed by atoms with van der Waals surface area (Å²) in [6.07, 6.45) is 0. The van der Waals surface area contributed by atoms with Crippen LogP contribution in [0.25, 0.3) is 11.1 Å². The van der Waals surface area contributed by atoms with E-state index in [1.807, 2.05) is 6.07 Å². The van der Waals surface area contributed by atoms with Crippen LogP contribution in [-0.4, -0.2) is 0 Å². The Morgan fingerprint density at radius 2 is 1.76 bits per heavy atom. The zero-order valence-electron chi connectivity index (χ0n) is 8.55. The van der Waals surface area contributed by atoms with Crippen molar-refractivity contribution in [3.63, 3.8) is 0 Å². The van der Waals surface area contributed by atoms with E-state index in [9.17, 15) is 8.78 Å². The van der Waals surface area contributed by atoms with Crippen molar-refractivity contribution in [3.05, 3.63) is 58.6 Å². The molecular weight excluding hydrogens is 244 g/mol. The maximum atomic E-state index is 13.7. The van der Waals surface area contributed by atoms with Gasteiger partial charge in [0.15, 0.2) is 0 Å². The van der Waals surface area contributed by atoms with Crippen LogP contribution in [0.1, 0.15) is 5.56 Å². The third-order valence-electron chi connectivity index (χ3n) is 2.32. The van der Waals surface area contributed by atoms with E-state index >= 15 is 0 Å². The standard InChI is InChI=1S/C13H6ClF2N/c14-9-2-4-11(13(16)5-9)12-6-10(15)3-1-8(12)7-17/h1-6H. The van der Waals surface area contributed by atoms with Crippen LogP contribution in [0.3, 0.4) is 0 Å². The Hall–Kier alpha value is -1.92. The van der Waals surface area contributed by atoms with E-state index in [1.165, 1.54) is 18.2 Å². The molecule has 0 aromatic heterocycles. The van der Waals surface area contributed by atoms with E-state index in [-0.39, 0.29) is 21.7 Å². The summed E-state index contributed by atoms with van der Waals surface area (Å²) in [5.41, 5.74) is 0.597. The quantitative estimate of drug-likeness (QED) is 0.745. The first kappa shape index (κ1) is 11.6. The van der Waals surface area contributed by atoms with Gasteiger partial charge in [-0.1, -0.05) is 11.6 Å². The van der Waals surface area contributed by atoms with Crippen molar-refractivity contribution in [1.82, 2.24) is 0 Å². The molecule has 84 valence electrons. The lowest BCUT2D eigenvalue weighted by Gasteiger charge is -2.06. The summed E-state index contributed by atoms with van der Waals surface area (Å²) in [4.78, 5) is 0. The molecule has 0 fully saturated rings. The molecule has 0 spiro atoms. The van der Waals surface area contributed by atoms with Crippen LogP contribution < -0.4 is 0 Å². The molecule has 2 aromatic carbocycles. The molecule has 2 aromatic rings. The minimum atomic E-state index is -0.584. The molecule has 0 aliphatic carbocycles. The number of nitrogens with zero attached hydrogens (tertiary/aromatic N) is 1. The second kappa shape index (κ2) is 4.52. The van der Waals surface area contributed by atoms with E-state index in [0.29, 0.717) is 0 Å². The number of halogens is 3. The van der Waals surface area contributed by atoms with Crippen LogP contribution in [0.15, 0.2) is 36.4 Å².